The van der Waals surface area contributed by atoms with Gasteiger partial charge in [0.2, 0.25) is 5.24 Å². The standard InChI is InChI=1S/C12H13Cl3O/c1-7(2)12(3,11(15)16)9-6-8(13)4-5-10(9)14/h4-7H,1-3H3. The maximum absolute atomic E-state index is 11.6. The first-order valence-corrected chi connectivity index (χ1v) is 6.09. The van der Waals surface area contributed by atoms with Crippen LogP contribution in [0.4, 0.5) is 0 Å². The number of hydrogen-bond acceptors (Lipinski definition) is 1. The van der Waals surface area contributed by atoms with Crippen LogP contribution >= 0.6 is 34.8 Å². The third-order valence-electron chi connectivity index (χ3n) is 3.05. The first kappa shape index (κ1) is 13.8. The van der Waals surface area contributed by atoms with Crippen LogP contribution in [-0.4, -0.2) is 5.24 Å². The molecule has 1 atom stereocenters. The van der Waals surface area contributed by atoms with E-state index in [2.05, 4.69) is 0 Å². The van der Waals surface area contributed by atoms with Gasteiger partial charge in [-0.3, -0.25) is 4.79 Å². The summed E-state index contributed by atoms with van der Waals surface area (Å²) in [5.74, 6) is 0.0356. The van der Waals surface area contributed by atoms with Crippen molar-refractivity contribution in [2.24, 2.45) is 5.92 Å². The lowest BCUT2D eigenvalue weighted by atomic mass is 9.74. The first-order chi connectivity index (χ1) is 7.30. The van der Waals surface area contributed by atoms with E-state index in [0.717, 1.165) is 0 Å². The van der Waals surface area contributed by atoms with Crippen molar-refractivity contribution in [1.29, 1.82) is 0 Å². The Morgan fingerprint density at radius 1 is 1.31 bits per heavy atom. The van der Waals surface area contributed by atoms with Gasteiger partial charge in [-0.05, 0) is 48.2 Å². The van der Waals surface area contributed by atoms with E-state index in [1.165, 1.54) is 0 Å². The van der Waals surface area contributed by atoms with E-state index in [-0.39, 0.29) is 5.92 Å². The molecule has 1 rings (SSSR count). The molecule has 0 aliphatic rings. The summed E-state index contributed by atoms with van der Waals surface area (Å²) < 4.78 is 0. The van der Waals surface area contributed by atoms with Crippen LogP contribution in [0.25, 0.3) is 0 Å². The molecule has 0 spiro atoms. The molecule has 0 aliphatic carbocycles. The smallest absolute Gasteiger partial charge is 0.232 e. The van der Waals surface area contributed by atoms with E-state index in [1.807, 2.05) is 13.8 Å². The maximum atomic E-state index is 11.6. The molecular weight excluding hydrogens is 266 g/mol. The Balaban J connectivity index is 3.43. The molecule has 0 fully saturated rings. The monoisotopic (exact) mass is 278 g/mol. The fraction of sp³-hybridized carbons (Fsp3) is 0.417. The largest absolute Gasteiger partial charge is 0.280 e. The summed E-state index contributed by atoms with van der Waals surface area (Å²) in [5, 5.41) is 0.630. The molecule has 0 saturated heterocycles. The number of carbonyl (C=O) groups excluding carboxylic acids is 1. The Hall–Kier alpha value is -0.240. The zero-order chi connectivity index (χ0) is 12.5. The molecule has 0 amide bonds. The molecule has 4 heteroatoms. The fourth-order valence-electron chi connectivity index (χ4n) is 1.54. The lowest BCUT2D eigenvalue weighted by molar-refractivity contribution is -0.117. The molecule has 0 heterocycles. The highest BCUT2D eigenvalue weighted by molar-refractivity contribution is 6.65. The van der Waals surface area contributed by atoms with Crippen LogP contribution in [0.15, 0.2) is 18.2 Å². The van der Waals surface area contributed by atoms with Gasteiger partial charge in [-0.1, -0.05) is 37.0 Å². The molecule has 1 nitrogen and oxygen atoms in total. The second kappa shape index (κ2) is 4.95. The Labute approximate surface area is 111 Å². The topological polar surface area (TPSA) is 17.1 Å². The molecule has 16 heavy (non-hydrogen) atoms. The maximum Gasteiger partial charge on any atom is 0.232 e. The van der Waals surface area contributed by atoms with Crippen molar-refractivity contribution in [3.63, 3.8) is 0 Å². The Kier molecular flexibility index (Phi) is 4.28. The van der Waals surface area contributed by atoms with Crippen molar-refractivity contribution in [3.8, 4) is 0 Å². The molecule has 0 saturated carbocycles. The van der Waals surface area contributed by atoms with Crippen molar-refractivity contribution in [2.75, 3.05) is 0 Å². The van der Waals surface area contributed by atoms with Crippen molar-refractivity contribution >= 4 is 40.0 Å². The molecule has 0 aliphatic heterocycles. The molecular formula is C12H13Cl3O. The molecule has 1 aromatic carbocycles. The van der Waals surface area contributed by atoms with Crippen molar-refractivity contribution in [2.45, 2.75) is 26.2 Å². The number of halogens is 3. The minimum atomic E-state index is -0.816. The summed E-state index contributed by atoms with van der Waals surface area (Å²) in [5.41, 5.74) is -0.138. The predicted octanol–water partition coefficient (Wildman–Crippen LogP) is 4.67. The molecule has 0 radical (unpaired) electrons. The highest BCUT2D eigenvalue weighted by atomic mass is 35.5. The molecule has 1 aromatic rings. The van der Waals surface area contributed by atoms with Gasteiger partial charge < -0.3 is 0 Å². The summed E-state index contributed by atoms with van der Waals surface area (Å²) >= 11 is 17.7. The van der Waals surface area contributed by atoms with E-state index in [9.17, 15) is 4.79 Å². The highest BCUT2D eigenvalue weighted by Crippen LogP contribution is 2.39. The minimum Gasteiger partial charge on any atom is -0.280 e. The zero-order valence-corrected chi connectivity index (χ0v) is 11.6. The predicted molar refractivity (Wildman–Crippen MR) is 69.5 cm³/mol. The van der Waals surface area contributed by atoms with E-state index >= 15 is 0 Å². The number of rotatable bonds is 3. The summed E-state index contributed by atoms with van der Waals surface area (Å²) in [6.07, 6.45) is 0. The summed E-state index contributed by atoms with van der Waals surface area (Å²) in [7, 11) is 0. The molecule has 0 N–H and O–H groups in total. The lowest BCUT2D eigenvalue weighted by Gasteiger charge is -2.31. The number of hydrogen-bond donors (Lipinski definition) is 0. The third kappa shape index (κ3) is 2.37. The first-order valence-electron chi connectivity index (χ1n) is 4.95. The second-order valence-electron chi connectivity index (χ2n) is 4.25. The summed E-state index contributed by atoms with van der Waals surface area (Å²) in [4.78, 5) is 11.6. The third-order valence-corrected chi connectivity index (χ3v) is 4.01. The van der Waals surface area contributed by atoms with Crippen LogP contribution in [0.1, 0.15) is 26.3 Å². The molecule has 1 unspecified atom stereocenters. The van der Waals surface area contributed by atoms with Crippen LogP contribution in [0.3, 0.4) is 0 Å². The van der Waals surface area contributed by atoms with Gasteiger partial charge in [0.25, 0.3) is 0 Å². The summed E-state index contributed by atoms with van der Waals surface area (Å²) in [6.45, 7) is 5.64. The van der Waals surface area contributed by atoms with Crippen molar-refractivity contribution in [3.05, 3.63) is 33.8 Å². The van der Waals surface area contributed by atoms with Crippen LogP contribution < -0.4 is 0 Å². The van der Waals surface area contributed by atoms with Gasteiger partial charge in [-0.25, -0.2) is 0 Å². The Morgan fingerprint density at radius 3 is 2.31 bits per heavy atom. The van der Waals surface area contributed by atoms with E-state index in [1.54, 1.807) is 25.1 Å². The quantitative estimate of drug-likeness (QED) is 0.735. The average Bonchev–Trinajstić information content (AvgIpc) is 2.19. The van der Waals surface area contributed by atoms with Crippen LogP contribution in [0.2, 0.25) is 10.0 Å². The molecule has 88 valence electrons. The number of benzene rings is 1. The second-order valence-corrected chi connectivity index (χ2v) is 5.44. The van der Waals surface area contributed by atoms with Crippen LogP contribution in [0.5, 0.6) is 0 Å². The van der Waals surface area contributed by atoms with Gasteiger partial charge in [0.1, 0.15) is 0 Å². The van der Waals surface area contributed by atoms with Crippen molar-refractivity contribution in [1.82, 2.24) is 0 Å². The van der Waals surface area contributed by atoms with Gasteiger partial charge in [0.15, 0.2) is 0 Å². The van der Waals surface area contributed by atoms with Gasteiger partial charge in [0, 0.05) is 10.0 Å². The van der Waals surface area contributed by atoms with Gasteiger partial charge in [-0.2, -0.15) is 0 Å². The fourth-order valence-corrected chi connectivity index (χ4v) is 2.35. The SMILES string of the molecule is CC(C)C(C)(C(=O)Cl)c1cc(Cl)ccc1Cl. The Bertz CT molecular complexity index is 415. The summed E-state index contributed by atoms with van der Waals surface area (Å²) in [6, 6.07) is 5.07. The minimum absolute atomic E-state index is 0.0356. The van der Waals surface area contributed by atoms with Gasteiger partial charge in [-0.15, -0.1) is 0 Å². The highest BCUT2D eigenvalue weighted by Gasteiger charge is 2.38. The van der Waals surface area contributed by atoms with Crippen molar-refractivity contribution < 1.29 is 4.79 Å². The van der Waals surface area contributed by atoms with E-state index in [0.29, 0.717) is 15.6 Å². The molecule has 0 aromatic heterocycles. The van der Waals surface area contributed by atoms with Gasteiger partial charge >= 0.3 is 0 Å². The van der Waals surface area contributed by atoms with E-state index in [4.69, 9.17) is 34.8 Å². The lowest BCUT2D eigenvalue weighted by Crippen LogP contribution is -2.35. The Morgan fingerprint density at radius 2 is 1.88 bits per heavy atom. The number of carbonyl (C=O) groups is 1. The van der Waals surface area contributed by atoms with Crippen LogP contribution in [0, 0.1) is 5.92 Å². The molecule has 0 bridgehead atoms. The zero-order valence-electron chi connectivity index (χ0n) is 9.35. The normalized spacial score (nSPS) is 14.9. The van der Waals surface area contributed by atoms with Gasteiger partial charge in [0.05, 0.1) is 5.41 Å². The average molecular weight is 280 g/mol. The van der Waals surface area contributed by atoms with E-state index < -0.39 is 10.7 Å². The van der Waals surface area contributed by atoms with Crippen LogP contribution in [-0.2, 0) is 10.2 Å².